The number of hydrogen-bond donors (Lipinski definition) is 0. The first kappa shape index (κ1) is 20.7. The molecule has 0 atom stereocenters. The van der Waals surface area contributed by atoms with Gasteiger partial charge in [0.25, 0.3) is 5.91 Å². The molecular formula is C21H18Cl3N3OS. The normalized spacial score (nSPS) is 20.8. The van der Waals surface area contributed by atoms with Gasteiger partial charge < -0.3 is 0 Å². The molecule has 2 fully saturated rings. The Balaban J connectivity index is 1.73. The standard InChI is InChI=1S/C21H18Cl3N3OS/c22-14-9-8-13(16(23)12-14)11-18-20(28)27(15-5-2-1-3-6-15)21(29-18)26-17-7-4-10-25-19(17)24/h4,7-12,15H,1-3,5-6H2/b18-11-,26-21?. The fraction of sp³-hybridized carbons (Fsp3) is 0.286. The Kier molecular flexibility index (Phi) is 6.50. The number of halogens is 3. The SMILES string of the molecule is O=C1/C(=C/c2ccc(Cl)cc2Cl)SC(=Nc2cccnc2Cl)N1C1CCCCC1. The third-order valence-corrected chi connectivity index (χ3v) is 6.82. The van der Waals surface area contributed by atoms with E-state index in [-0.39, 0.29) is 11.9 Å². The fourth-order valence-electron chi connectivity index (χ4n) is 3.55. The minimum atomic E-state index is -0.0494. The van der Waals surface area contributed by atoms with E-state index in [0.29, 0.717) is 31.0 Å². The number of thioether (sulfide) groups is 1. The van der Waals surface area contributed by atoms with Crippen molar-refractivity contribution in [2.24, 2.45) is 4.99 Å². The van der Waals surface area contributed by atoms with Crippen molar-refractivity contribution in [1.82, 2.24) is 9.88 Å². The zero-order valence-electron chi connectivity index (χ0n) is 15.4. The summed E-state index contributed by atoms with van der Waals surface area (Å²) in [5.74, 6) is -0.0494. The molecule has 1 aromatic heterocycles. The number of aromatic nitrogens is 1. The molecule has 1 aromatic carbocycles. The predicted molar refractivity (Wildman–Crippen MR) is 122 cm³/mol. The minimum absolute atomic E-state index is 0.0494. The van der Waals surface area contributed by atoms with Crippen molar-refractivity contribution < 1.29 is 4.79 Å². The van der Waals surface area contributed by atoms with Crippen molar-refractivity contribution in [2.75, 3.05) is 0 Å². The van der Waals surface area contributed by atoms with E-state index in [1.807, 2.05) is 11.0 Å². The third-order valence-electron chi connectivity index (χ3n) is 4.98. The van der Waals surface area contributed by atoms with Crippen molar-refractivity contribution in [1.29, 1.82) is 0 Å². The Hall–Kier alpha value is -1.53. The van der Waals surface area contributed by atoms with Gasteiger partial charge in [0, 0.05) is 22.3 Å². The largest absolute Gasteiger partial charge is 0.283 e. The maximum atomic E-state index is 13.3. The molecule has 0 N–H and O–H groups in total. The first-order valence-corrected chi connectivity index (χ1v) is 11.4. The van der Waals surface area contributed by atoms with Crippen molar-refractivity contribution in [2.45, 2.75) is 38.1 Å². The molecule has 0 unspecified atom stereocenters. The Labute approximate surface area is 189 Å². The molecule has 1 aliphatic carbocycles. The molecule has 2 aliphatic rings. The number of amides is 1. The summed E-state index contributed by atoms with van der Waals surface area (Å²) >= 11 is 19.8. The molecule has 2 aromatic rings. The lowest BCUT2D eigenvalue weighted by Gasteiger charge is -2.30. The lowest BCUT2D eigenvalue weighted by atomic mass is 9.94. The summed E-state index contributed by atoms with van der Waals surface area (Å²) in [7, 11) is 0. The van der Waals surface area contributed by atoms with Crippen molar-refractivity contribution >= 4 is 69.4 Å². The van der Waals surface area contributed by atoms with Crippen LogP contribution in [-0.2, 0) is 4.79 Å². The van der Waals surface area contributed by atoms with Crippen LogP contribution in [-0.4, -0.2) is 27.0 Å². The van der Waals surface area contributed by atoms with Crippen LogP contribution in [0.25, 0.3) is 6.08 Å². The molecular weight excluding hydrogens is 449 g/mol. The topological polar surface area (TPSA) is 45.6 Å². The molecule has 0 spiro atoms. The maximum Gasteiger partial charge on any atom is 0.267 e. The molecule has 4 rings (SSSR count). The smallest absolute Gasteiger partial charge is 0.267 e. The van der Waals surface area contributed by atoms with Crippen LogP contribution in [0.15, 0.2) is 46.4 Å². The van der Waals surface area contributed by atoms with Crippen LogP contribution in [0, 0.1) is 0 Å². The second-order valence-electron chi connectivity index (χ2n) is 6.95. The summed E-state index contributed by atoms with van der Waals surface area (Å²) in [6.45, 7) is 0. The number of nitrogens with zero attached hydrogens (tertiary/aromatic N) is 3. The van der Waals surface area contributed by atoms with Gasteiger partial charge in [-0.1, -0.05) is 60.1 Å². The highest BCUT2D eigenvalue weighted by Crippen LogP contribution is 2.39. The second-order valence-corrected chi connectivity index (χ2v) is 9.16. The number of carbonyl (C=O) groups excluding carboxylic acids is 1. The number of hydrogen-bond acceptors (Lipinski definition) is 4. The average molecular weight is 467 g/mol. The van der Waals surface area contributed by atoms with E-state index >= 15 is 0 Å². The molecule has 2 heterocycles. The Morgan fingerprint density at radius 3 is 2.66 bits per heavy atom. The number of pyridine rings is 1. The zero-order chi connectivity index (χ0) is 20.4. The molecule has 4 nitrogen and oxygen atoms in total. The van der Waals surface area contributed by atoms with E-state index in [1.165, 1.54) is 18.2 Å². The van der Waals surface area contributed by atoms with Gasteiger partial charge in [-0.05, 0) is 60.5 Å². The van der Waals surface area contributed by atoms with Crippen LogP contribution in [0.4, 0.5) is 5.69 Å². The van der Waals surface area contributed by atoms with E-state index in [0.717, 1.165) is 31.2 Å². The fourth-order valence-corrected chi connectivity index (χ4v) is 5.22. The van der Waals surface area contributed by atoms with E-state index in [9.17, 15) is 4.79 Å². The molecule has 0 radical (unpaired) electrons. The number of aliphatic imine (C=N–C) groups is 1. The van der Waals surface area contributed by atoms with E-state index < -0.39 is 0 Å². The van der Waals surface area contributed by atoms with E-state index in [4.69, 9.17) is 34.8 Å². The molecule has 29 heavy (non-hydrogen) atoms. The lowest BCUT2D eigenvalue weighted by molar-refractivity contribution is -0.124. The first-order chi connectivity index (χ1) is 14.0. The quantitative estimate of drug-likeness (QED) is 0.362. The van der Waals surface area contributed by atoms with Gasteiger partial charge in [-0.15, -0.1) is 0 Å². The van der Waals surface area contributed by atoms with Crippen molar-refractivity contribution in [3.63, 3.8) is 0 Å². The average Bonchev–Trinajstić information content (AvgIpc) is 3.01. The third kappa shape index (κ3) is 4.64. The summed E-state index contributed by atoms with van der Waals surface area (Å²) in [4.78, 5) is 24.5. The minimum Gasteiger partial charge on any atom is -0.283 e. The van der Waals surface area contributed by atoms with Gasteiger partial charge in [-0.3, -0.25) is 9.69 Å². The molecule has 1 amide bonds. The van der Waals surface area contributed by atoms with Gasteiger partial charge in [0.1, 0.15) is 5.69 Å². The molecule has 1 saturated carbocycles. The molecule has 0 bridgehead atoms. The first-order valence-electron chi connectivity index (χ1n) is 9.40. The number of rotatable bonds is 3. The highest BCUT2D eigenvalue weighted by Gasteiger charge is 2.38. The lowest BCUT2D eigenvalue weighted by Crippen LogP contribution is -2.40. The molecule has 1 saturated heterocycles. The van der Waals surface area contributed by atoms with Gasteiger partial charge in [0.2, 0.25) is 0 Å². The van der Waals surface area contributed by atoms with Crippen LogP contribution in [0.2, 0.25) is 15.2 Å². The maximum absolute atomic E-state index is 13.3. The van der Waals surface area contributed by atoms with Gasteiger partial charge in [0.05, 0.1) is 4.91 Å². The Bertz CT molecular complexity index is 1000. The van der Waals surface area contributed by atoms with Crippen molar-refractivity contribution in [3.05, 3.63) is 62.2 Å². The Morgan fingerprint density at radius 2 is 1.93 bits per heavy atom. The summed E-state index contributed by atoms with van der Waals surface area (Å²) in [5, 5.41) is 2.01. The van der Waals surface area contributed by atoms with E-state index in [2.05, 4.69) is 9.98 Å². The van der Waals surface area contributed by atoms with Gasteiger partial charge in [0.15, 0.2) is 10.3 Å². The van der Waals surface area contributed by atoms with Gasteiger partial charge >= 0.3 is 0 Å². The van der Waals surface area contributed by atoms with Crippen LogP contribution >= 0.6 is 46.6 Å². The zero-order valence-corrected chi connectivity index (χ0v) is 18.5. The van der Waals surface area contributed by atoms with Crippen LogP contribution in [0.5, 0.6) is 0 Å². The predicted octanol–water partition coefficient (Wildman–Crippen LogP) is 6.98. The van der Waals surface area contributed by atoms with Gasteiger partial charge in [-0.2, -0.15) is 0 Å². The summed E-state index contributed by atoms with van der Waals surface area (Å²) in [6.07, 6.45) is 8.79. The highest BCUT2D eigenvalue weighted by atomic mass is 35.5. The summed E-state index contributed by atoms with van der Waals surface area (Å²) in [6, 6.07) is 8.95. The Morgan fingerprint density at radius 1 is 1.14 bits per heavy atom. The summed E-state index contributed by atoms with van der Waals surface area (Å²) in [5.41, 5.74) is 1.30. The van der Waals surface area contributed by atoms with Gasteiger partial charge in [-0.25, -0.2) is 9.98 Å². The molecule has 150 valence electrons. The summed E-state index contributed by atoms with van der Waals surface area (Å²) < 4.78 is 0. The number of benzene rings is 1. The number of amidine groups is 1. The van der Waals surface area contributed by atoms with Crippen LogP contribution < -0.4 is 0 Å². The molecule has 1 aliphatic heterocycles. The van der Waals surface area contributed by atoms with E-state index in [1.54, 1.807) is 36.5 Å². The van der Waals surface area contributed by atoms with Crippen LogP contribution in [0.1, 0.15) is 37.7 Å². The highest BCUT2D eigenvalue weighted by molar-refractivity contribution is 8.18. The van der Waals surface area contributed by atoms with Crippen molar-refractivity contribution in [3.8, 4) is 0 Å². The second kappa shape index (κ2) is 9.09. The molecule has 8 heteroatoms. The number of carbonyl (C=O) groups is 1. The van der Waals surface area contributed by atoms with Crippen LogP contribution in [0.3, 0.4) is 0 Å². The monoisotopic (exact) mass is 465 g/mol.